The first-order chi connectivity index (χ1) is 13.2. The molecule has 0 bridgehead atoms. The molecule has 3 rings (SSSR count). The molecule has 1 heterocycles. The van der Waals surface area contributed by atoms with Crippen molar-refractivity contribution < 1.29 is 14.2 Å². The number of aryl methyl sites for hydroxylation is 1. The van der Waals surface area contributed by atoms with E-state index >= 15 is 0 Å². The van der Waals surface area contributed by atoms with Crippen LogP contribution in [0.4, 0.5) is 0 Å². The summed E-state index contributed by atoms with van der Waals surface area (Å²) in [6.07, 6.45) is 1.93. The predicted octanol–water partition coefficient (Wildman–Crippen LogP) is 4.31. The Morgan fingerprint density at radius 2 is 1.78 bits per heavy atom. The number of ether oxygens (including phenoxy) is 3. The van der Waals surface area contributed by atoms with E-state index in [1.807, 2.05) is 48.5 Å². The van der Waals surface area contributed by atoms with Gasteiger partial charge >= 0.3 is 0 Å². The van der Waals surface area contributed by atoms with Crippen molar-refractivity contribution in [1.29, 1.82) is 0 Å². The second-order valence-electron chi connectivity index (χ2n) is 6.38. The molecule has 0 fully saturated rings. The fourth-order valence-corrected chi connectivity index (χ4v) is 2.93. The number of aromatic nitrogens is 1. The fourth-order valence-electron chi connectivity index (χ4n) is 2.93. The van der Waals surface area contributed by atoms with Crippen LogP contribution >= 0.6 is 0 Å². The van der Waals surface area contributed by atoms with Gasteiger partial charge in [0.1, 0.15) is 12.4 Å². The molecular weight excluding hydrogens is 342 g/mol. The number of nitrogens with zero attached hydrogens (tertiary/aromatic N) is 1. The number of rotatable bonds is 8. The molecule has 0 atom stereocenters. The third-order valence-electron chi connectivity index (χ3n) is 4.48. The number of hydrogen-bond donors (Lipinski definition) is 0. The molecule has 2 aromatic carbocycles. The lowest BCUT2D eigenvalue weighted by atomic mass is 10.1. The standard InChI is InChI=1S/C22H25NO4/c1-4-5-13-26-20-18-12-11-17(27-15-16-9-7-6-8-10-16)14-19(18)23(2)22(24)21(20)25-3/h6-12,14H,4-5,13,15H2,1-3H3. The summed E-state index contributed by atoms with van der Waals surface area (Å²) in [5.41, 5.74) is 1.61. The van der Waals surface area contributed by atoms with E-state index in [-0.39, 0.29) is 11.3 Å². The average Bonchev–Trinajstić information content (AvgIpc) is 2.71. The van der Waals surface area contributed by atoms with Crippen LogP contribution in [-0.2, 0) is 13.7 Å². The van der Waals surface area contributed by atoms with Crippen molar-refractivity contribution in [3.8, 4) is 17.2 Å². The van der Waals surface area contributed by atoms with Crippen molar-refractivity contribution in [2.24, 2.45) is 7.05 Å². The van der Waals surface area contributed by atoms with Crippen molar-refractivity contribution in [3.05, 3.63) is 64.4 Å². The van der Waals surface area contributed by atoms with Crippen LogP contribution in [0.25, 0.3) is 10.9 Å². The highest BCUT2D eigenvalue weighted by atomic mass is 16.5. The Hall–Kier alpha value is -2.95. The molecule has 1 aromatic heterocycles. The Bertz CT molecular complexity index is 963. The molecule has 0 saturated heterocycles. The van der Waals surface area contributed by atoms with E-state index < -0.39 is 0 Å². The van der Waals surface area contributed by atoms with Crippen LogP contribution in [0.5, 0.6) is 17.2 Å². The first kappa shape index (κ1) is 18.8. The number of methoxy groups -OCH3 is 1. The molecule has 5 heteroatoms. The van der Waals surface area contributed by atoms with Gasteiger partial charge in [0.05, 0.1) is 19.2 Å². The molecule has 142 valence electrons. The summed E-state index contributed by atoms with van der Waals surface area (Å²) >= 11 is 0. The highest BCUT2D eigenvalue weighted by Crippen LogP contribution is 2.34. The molecule has 0 aliphatic rings. The SMILES string of the molecule is CCCCOc1c(OC)c(=O)n(C)c2cc(OCc3ccccc3)ccc12. The van der Waals surface area contributed by atoms with E-state index in [2.05, 4.69) is 6.92 Å². The number of unbranched alkanes of at least 4 members (excludes halogenated alkanes) is 1. The molecule has 0 spiro atoms. The van der Waals surface area contributed by atoms with Gasteiger partial charge in [0.25, 0.3) is 5.56 Å². The Kier molecular flexibility index (Phi) is 6.01. The number of fused-ring (bicyclic) bond motifs is 1. The zero-order valence-electron chi connectivity index (χ0n) is 16.0. The van der Waals surface area contributed by atoms with Crippen molar-refractivity contribution in [1.82, 2.24) is 4.57 Å². The fraction of sp³-hybridized carbons (Fsp3) is 0.318. The van der Waals surface area contributed by atoms with E-state index in [0.717, 1.165) is 29.3 Å². The summed E-state index contributed by atoms with van der Waals surface area (Å²) < 4.78 is 18.7. The van der Waals surface area contributed by atoms with Crippen LogP contribution in [0.3, 0.4) is 0 Å². The normalized spacial score (nSPS) is 10.8. The lowest BCUT2D eigenvalue weighted by molar-refractivity contribution is 0.289. The first-order valence-corrected chi connectivity index (χ1v) is 9.16. The summed E-state index contributed by atoms with van der Waals surface area (Å²) in [5, 5.41) is 0.831. The lowest BCUT2D eigenvalue weighted by Gasteiger charge is -2.16. The molecule has 3 aromatic rings. The quantitative estimate of drug-likeness (QED) is 0.557. The van der Waals surface area contributed by atoms with E-state index in [4.69, 9.17) is 14.2 Å². The average molecular weight is 367 g/mol. The molecule has 27 heavy (non-hydrogen) atoms. The minimum atomic E-state index is -0.225. The summed E-state index contributed by atoms with van der Waals surface area (Å²) in [5.74, 6) is 1.43. The van der Waals surface area contributed by atoms with Gasteiger partial charge in [-0.05, 0) is 24.1 Å². The van der Waals surface area contributed by atoms with Gasteiger partial charge in [-0.15, -0.1) is 0 Å². The zero-order valence-corrected chi connectivity index (χ0v) is 16.0. The van der Waals surface area contributed by atoms with Crippen molar-refractivity contribution in [2.45, 2.75) is 26.4 Å². The molecule has 0 aliphatic carbocycles. The highest BCUT2D eigenvalue weighted by Gasteiger charge is 2.18. The van der Waals surface area contributed by atoms with Crippen LogP contribution in [0.2, 0.25) is 0 Å². The van der Waals surface area contributed by atoms with E-state index in [0.29, 0.717) is 24.7 Å². The Labute approximate surface area is 159 Å². The predicted molar refractivity (Wildman–Crippen MR) is 107 cm³/mol. The van der Waals surface area contributed by atoms with Gasteiger partial charge < -0.3 is 18.8 Å². The summed E-state index contributed by atoms with van der Waals surface area (Å²) in [7, 11) is 3.22. The minimum Gasteiger partial charge on any atom is -0.489 e. The molecule has 0 amide bonds. The van der Waals surface area contributed by atoms with Crippen LogP contribution in [0.15, 0.2) is 53.3 Å². The molecular formula is C22H25NO4. The van der Waals surface area contributed by atoms with E-state index in [9.17, 15) is 4.79 Å². The summed E-state index contributed by atoms with van der Waals surface area (Å²) in [4.78, 5) is 12.7. The van der Waals surface area contributed by atoms with Crippen LogP contribution in [0, 0.1) is 0 Å². The third kappa shape index (κ3) is 4.08. The maximum atomic E-state index is 12.7. The van der Waals surface area contributed by atoms with Gasteiger partial charge in [-0.1, -0.05) is 43.7 Å². The first-order valence-electron chi connectivity index (χ1n) is 9.16. The molecule has 0 unspecified atom stereocenters. The number of hydrogen-bond acceptors (Lipinski definition) is 4. The Balaban J connectivity index is 1.97. The van der Waals surface area contributed by atoms with Crippen molar-refractivity contribution in [3.63, 3.8) is 0 Å². The summed E-state index contributed by atoms with van der Waals surface area (Å²) in [6, 6.07) is 15.6. The molecule has 0 N–H and O–H groups in total. The van der Waals surface area contributed by atoms with E-state index in [1.54, 1.807) is 11.6 Å². The molecule has 0 saturated carbocycles. The maximum absolute atomic E-state index is 12.7. The zero-order chi connectivity index (χ0) is 19.2. The number of pyridine rings is 1. The van der Waals surface area contributed by atoms with Gasteiger partial charge in [0, 0.05) is 18.5 Å². The Morgan fingerprint density at radius 1 is 1.00 bits per heavy atom. The smallest absolute Gasteiger partial charge is 0.297 e. The minimum absolute atomic E-state index is 0.225. The third-order valence-corrected chi connectivity index (χ3v) is 4.48. The molecule has 5 nitrogen and oxygen atoms in total. The van der Waals surface area contributed by atoms with E-state index in [1.165, 1.54) is 7.11 Å². The van der Waals surface area contributed by atoms with Gasteiger partial charge in [0.2, 0.25) is 5.75 Å². The number of benzene rings is 2. The van der Waals surface area contributed by atoms with Crippen LogP contribution in [0.1, 0.15) is 25.3 Å². The summed E-state index contributed by atoms with van der Waals surface area (Å²) in [6.45, 7) is 3.11. The lowest BCUT2D eigenvalue weighted by Crippen LogP contribution is -2.20. The monoisotopic (exact) mass is 367 g/mol. The topological polar surface area (TPSA) is 49.7 Å². The van der Waals surface area contributed by atoms with Gasteiger partial charge in [-0.25, -0.2) is 0 Å². The second kappa shape index (κ2) is 8.62. The van der Waals surface area contributed by atoms with Gasteiger partial charge in [-0.2, -0.15) is 0 Å². The molecule has 0 radical (unpaired) electrons. The second-order valence-corrected chi connectivity index (χ2v) is 6.38. The highest BCUT2D eigenvalue weighted by molar-refractivity contribution is 5.89. The largest absolute Gasteiger partial charge is 0.489 e. The molecule has 0 aliphatic heterocycles. The van der Waals surface area contributed by atoms with Crippen molar-refractivity contribution >= 4 is 10.9 Å². The van der Waals surface area contributed by atoms with Gasteiger partial charge in [-0.3, -0.25) is 4.79 Å². The Morgan fingerprint density at radius 3 is 2.48 bits per heavy atom. The van der Waals surface area contributed by atoms with Crippen LogP contribution in [-0.4, -0.2) is 18.3 Å². The van der Waals surface area contributed by atoms with Crippen molar-refractivity contribution in [2.75, 3.05) is 13.7 Å². The maximum Gasteiger partial charge on any atom is 0.297 e. The van der Waals surface area contributed by atoms with Crippen LogP contribution < -0.4 is 19.8 Å². The van der Waals surface area contributed by atoms with Gasteiger partial charge in [0.15, 0.2) is 5.75 Å².